The molecule has 1 aromatic carbocycles. The molecule has 3 aromatic rings. The molecular weight excluding hydrogens is 352 g/mol. The van der Waals surface area contributed by atoms with Gasteiger partial charge in [-0.3, -0.25) is 4.79 Å². The molecular formula is C14H14N4O4S2. The number of nitrogens with one attached hydrogen (secondary N) is 1. The number of sulfonamides is 1. The Morgan fingerprint density at radius 1 is 1.29 bits per heavy atom. The van der Waals surface area contributed by atoms with E-state index < -0.39 is 15.9 Å². The molecule has 0 atom stereocenters. The zero-order chi connectivity index (χ0) is 17.2. The summed E-state index contributed by atoms with van der Waals surface area (Å²) in [6.45, 7) is -0.109. The van der Waals surface area contributed by atoms with Gasteiger partial charge in [-0.15, -0.1) is 0 Å². The maximum absolute atomic E-state index is 12.7. The predicted octanol–water partition coefficient (Wildman–Crippen LogP) is 1.22. The van der Waals surface area contributed by atoms with E-state index in [4.69, 9.17) is 4.42 Å². The van der Waals surface area contributed by atoms with Crippen LogP contribution in [0.5, 0.6) is 0 Å². The summed E-state index contributed by atoms with van der Waals surface area (Å²) in [5.74, 6) is 0.160. The largest absolute Gasteiger partial charge is 0.467 e. The van der Waals surface area contributed by atoms with Gasteiger partial charge < -0.3 is 9.73 Å². The summed E-state index contributed by atoms with van der Waals surface area (Å²) < 4.78 is 39.5. The number of nitrogens with zero attached hydrogens (tertiary/aromatic N) is 3. The van der Waals surface area contributed by atoms with Gasteiger partial charge in [0.1, 0.15) is 21.7 Å². The van der Waals surface area contributed by atoms with Crippen LogP contribution in [0.15, 0.2) is 45.9 Å². The molecule has 0 unspecified atom stereocenters. The lowest BCUT2D eigenvalue weighted by molar-refractivity contribution is -0.121. The van der Waals surface area contributed by atoms with E-state index in [0.717, 1.165) is 16.0 Å². The third-order valence-electron chi connectivity index (χ3n) is 3.34. The zero-order valence-corrected chi connectivity index (χ0v) is 14.3. The average Bonchev–Trinajstić information content (AvgIpc) is 3.23. The molecule has 0 aliphatic heterocycles. The van der Waals surface area contributed by atoms with Crippen molar-refractivity contribution in [1.29, 1.82) is 0 Å². The van der Waals surface area contributed by atoms with Crippen molar-refractivity contribution in [2.45, 2.75) is 11.4 Å². The minimum Gasteiger partial charge on any atom is -0.467 e. The van der Waals surface area contributed by atoms with Gasteiger partial charge in [0.2, 0.25) is 15.9 Å². The second-order valence-corrected chi connectivity index (χ2v) is 7.55. The van der Waals surface area contributed by atoms with Gasteiger partial charge in [0.05, 0.1) is 31.1 Å². The maximum Gasteiger partial charge on any atom is 0.245 e. The quantitative estimate of drug-likeness (QED) is 0.703. The second kappa shape index (κ2) is 6.67. The number of carbonyl (C=O) groups is 1. The van der Waals surface area contributed by atoms with E-state index in [1.807, 2.05) is 0 Å². The third-order valence-corrected chi connectivity index (χ3v) is 5.72. The third kappa shape index (κ3) is 3.30. The SMILES string of the molecule is CN(CC(=O)NCc1ccco1)S(=O)(=O)c1cccc2nsnc12. The first-order valence-corrected chi connectivity index (χ1v) is 9.12. The summed E-state index contributed by atoms with van der Waals surface area (Å²) in [5, 5.41) is 2.61. The minimum atomic E-state index is -3.85. The topological polar surface area (TPSA) is 105 Å². The molecule has 3 rings (SSSR count). The van der Waals surface area contributed by atoms with Crippen LogP contribution in [0.3, 0.4) is 0 Å². The van der Waals surface area contributed by atoms with Crippen LogP contribution in [-0.4, -0.2) is 41.0 Å². The lowest BCUT2D eigenvalue weighted by Gasteiger charge is -2.16. The molecule has 10 heteroatoms. The van der Waals surface area contributed by atoms with E-state index in [1.54, 1.807) is 24.3 Å². The molecule has 0 aliphatic carbocycles. The predicted molar refractivity (Wildman–Crippen MR) is 87.8 cm³/mol. The number of benzene rings is 1. The van der Waals surface area contributed by atoms with E-state index in [9.17, 15) is 13.2 Å². The molecule has 0 bridgehead atoms. The number of hydrogen-bond donors (Lipinski definition) is 1. The molecule has 8 nitrogen and oxygen atoms in total. The van der Waals surface area contributed by atoms with Crippen LogP contribution >= 0.6 is 11.7 Å². The van der Waals surface area contributed by atoms with Crippen molar-refractivity contribution >= 4 is 38.7 Å². The van der Waals surface area contributed by atoms with Crippen LogP contribution < -0.4 is 5.32 Å². The second-order valence-electron chi connectivity index (χ2n) is 5.01. The highest BCUT2D eigenvalue weighted by atomic mass is 32.2. The summed E-state index contributed by atoms with van der Waals surface area (Å²) >= 11 is 0.943. The van der Waals surface area contributed by atoms with E-state index in [2.05, 4.69) is 14.1 Å². The Hall–Kier alpha value is -2.30. The minimum absolute atomic E-state index is 0.0371. The Morgan fingerprint density at radius 2 is 2.12 bits per heavy atom. The monoisotopic (exact) mass is 366 g/mol. The van der Waals surface area contributed by atoms with Crippen LogP contribution in [-0.2, 0) is 21.4 Å². The first-order valence-electron chi connectivity index (χ1n) is 6.95. The highest BCUT2D eigenvalue weighted by Gasteiger charge is 2.26. The number of furan rings is 1. The summed E-state index contributed by atoms with van der Waals surface area (Å²) in [4.78, 5) is 12.0. The van der Waals surface area contributed by atoms with Gasteiger partial charge in [0.15, 0.2) is 0 Å². The molecule has 126 valence electrons. The lowest BCUT2D eigenvalue weighted by atomic mass is 10.3. The number of aromatic nitrogens is 2. The van der Waals surface area contributed by atoms with Crippen LogP contribution in [0.2, 0.25) is 0 Å². The Balaban J connectivity index is 1.72. The van der Waals surface area contributed by atoms with Crippen LogP contribution in [0.25, 0.3) is 11.0 Å². The van der Waals surface area contributed by atoms with Crippen LogP contribution in [0.4, 0.5) is 0 Å². The van der Waals surface area contributed by atoms with Gasteiger partial charge in [-0.25, -0.2) is 8.42 Å². The van der Waals surface area contributed by atoms with Crippen LogP contribution in [0, 0.1) is 0 Å². The normalized spacial score (nSPS) is 11.9. The Labute approximate surface area is 142 Å². The number of carbonyl (C=O) groups excluding carboxylic acids is 1. The van der Waals surface area contributed by atoms with Crippen molar-refractivity contribution in [3.63, 3.8) is 0 Å². The molecule has 1 N–H and O–H groups in total. The highest BCUT2D eigenvalue weighted by Crippen LogP contribution is 2.23. The number of hydrogen-bond acceptors (Lipinski definition) is 7. The average molecular weight is 366 g/mol. The van der Waals surface area contributed by atoms with Crippen LogP contribution in [0.1, 0.15) is 5.76 Å². The van der Waals surface area contributed by atoms with Gasteiger partial charge in [-0.05, 0) is 24.3 Å². The fourth-order valence-electron chi connectivity index (χ4n) is 2.10. The fraction of sp³-hybridized carbons (Fsp3) is 0.214. The summed E-state index contributed by atoms with van der Waals surface area (Å²) in [6, 6.07) is 8.17. The molecule has 0 saturated carbocycles. The summed E-state index contributed by atoms with van der Waals surface area (Å²) in [6.07, 6.45) is 1.50. The van der Waals surface area contributed by atoms with E-state index in [0.29, 0.717) is 16.8 Å². The van der Waals surface area contributed by atoms with Crippen molar-refractivity contribution in [1.82, 2.24) is 18.4 Å². The maximum atomic E-state index is 12.7. The van der Waals surface area contributed by atoms with Crippen molar-refractivity contribution in [3.8, 4) is 0 Å². The van der Waals surface area contributed by atoms with E-state index in [-0.39, 0.29) is 18.0 Å². The number of amides is 1. The van der Waals surface area contributed by atoms with Crippen molar-refractivity contribution in [2.75, 3.05) is 13.6 Å². The summed E-state index contributed by atoms with van der Waals surface area (Å²) in [7, 11) is -2.50. The molecule has 2 aromatic heterocycles. The van der Waals surface area contributed by atoms with Gasteiger partial charge >= 0.3 is 0 Å². The van der Waals surface area contributed by atoms with Gasteiger partial charge in [-0.2, -0.15) is 13.1 Å². The van der Waals surface area contributed by atoms with Gasteiger partial charge in [0, 0.05) is 7.05 Å². The zero-order valence-electron chi connectivity index (χ0n) is 12.7. The smallest absolute Gasteiger partial charge is 0.245 e. The molecule has 0 fully saturated rings. The molecule has 0 aliphatic rings. The Bertz CT molecular complexity index is 950. The van der Waals surface area contributed by atoms with Crippen molar-refractivity contribution in [2.24, 2.45) is 0 Å². The van der Waals surface area contributed by atoms with Crippen molar-refractivity contribution < 1.29 is 17.6 Å². The number of rotatable bonds is 6. The van der Waals surface area contributed by atoms with Gasteiger partial charge in [-0.1, -0.05) is 6.07 Å². The lowest BCUT2D eigenvalue weighted by Crippen LogP contribution is -2.38. The number of likely N-dealkylation sites (N-methyl/N-ethyl adjacent to an activating group) is 1. The van der Waals surface area contributed by atoms with E-state index >= 15 is 0 Å². The standard InChI is InChI=1S/C14H14N4O4S2/c1-18(9-13(19)15-8-10-4-3-7-22-10)24(20,21)12-6-2-5-11-14(12)17-23-16-11/h2-7H,8-9H2,1H3,(H,15,19). The van der Waals surface area contributed by atoms with Gasteiger partial charge in [0.25, 0.3) is 0 Å². The molecule has 0 saturated heterocycles. The first-order chi connectivity index (χ1) is 11.5. The fourth-order valence-corrected chi connectivity index (χ4v) is 3.97. The highest BCUT2D eigenvalue weighted by molar-refractivity contribution is 7.89. The Morgan fingerprint density at radius 3 is 2.88 bits per heavy atom. The molecule has 0 spiro atoms. The van der Waals surface area contributed by atoms with E-state index in [1.165, 1.54) is 19.4 Å². The molecule has 0 radical (unpaired) electrons. The Kier molecular flexibility index (Phi) is 4.60. The van der Waals surface area contributed by atoms with Crippen molar-refractivity contribution in [3.05, 3.63) is 42.4 Å². The molecule has 1 amide bonds. The summed E-state index contributed by atoms with van der Waals surface area (Å²) in [5.41, 5.74) is 0.821. The molecule has 24 heavy (non-hydrogen) atoms. The number of fused-ring (bicyclic) bond motifs is 1. The first kappa shape index (κ1) is 16.6. The molecule has 2 heterocycles.